The molecular formula is C21H24N4O2. The zero-order chi connectivity index (χ0) is 18.6. The molecule has 2 aliphatic rings. The number of carbonyl (C=O) groups is 2. The van der Waals surface area contributed by atoms with Crippen molar-refractivity contribution >= 4 is 17.6 Å². The van der Waals surface area contributed by atoms with Crippen molar-refractivity contribution in [3.8, 4) is 0 Å². The van der Waals surface area contributed by atoms with E-state index in [0.29, 0.717) is 19.4 Å². The van der Waals surface area contributed by atoms with E-state index in [9.17, 15) is 9.59 Å². The first-order valence-electron chi connectivity index (χ1n) is 9.50. The van der Waals surface area contributed by atoms with E-state index in [0.717, 1.165) is 37.6 Å². The summed E-state index contributed by atoms with van der Waals surface area (Å²) in [6.45, 7) is 3.64. The molecule has 2 saturated heterocycles. The average molecular weight is 364 g/mol. The van der Waals surface area contributed by atoms with Gasteiger partial charge < -0.3 is 4.90 Å². The Balaban J connectivity index is 1.34. The Morgan fingerprint density at radius 3 is 2.37 bits per heavy atom. The molecule has 0 N–H and O–H groups in total. The van der Waals surface area contributed by atoms with Crippen molar-refractivity contribution in [1.29, 1.82) is 0 Å². The van der Waals surface area contributed by atoms with Gasteiger partial charge in [0.25, 0.3) is 0 Å². The molecule has 140 valence electrons. The summed E-state index contributed by atoms with van der Waals surface area (Å²) in [7, 11) is 0. The lowest BCUT2D eigenvalue weighted by atomic mass is 10.1. The highest BCUT2D eigenvalue weighted by atomic mass is 16.2. The predicted octanol–water partition coefficient (Wildman–Crippen LogP) is 1.57. The molecule has 2 fully saturated rings. The molecular weight excluding hydrogens is 340 g/mol. The molecule has 1 atom stereocenters. The number of anilines is 1. The number of hydrogen-bond donors (Lipinski definition) is 0. The maximum absolute atomic E-state index is 12.8. The molecule has 1 aromatic heterocycles. The highest BCUT2D eigenvalue weighted by molar-refractivity contribution is 6.05. The topological polar surface area (TPSA) is 56.8 Å². The Kier molecular flexibility index (Phi) is 5.16. The fourth-order valence-electron chi connectivity index (χ4n) is 3.87. The van der Waals surface area contributed by atoms with E-state index in [-0.39, 0.29) is 17.9 Å². The van der Waals surface area contributed by atoms with E-state index in [4.69, 9.17) is 0 Å². The van der Waals surface area contributed by atoms with Gasteiger partial charge in [-0.1, -0.05) is 36.4 Å². The number of hydrogen-bond acceptors (Lipinski definition) is 5. The maximum Gasteiger partial charge on any atom is 0.247 e. The number of amides is 2. The molecule has 0 aliphatic carbocycles. The minimum absolute atomic E-state index is 0.0396. The standard InChI is InChI=1S/C21H24N4O2/c26-20-16-18(21(27)25(20)11-9-17-6-2-1-3-7-17)23-12-14-24(15-13-23)19-8-4-5-10-22-19/h1-8,10,18H,9,11-16H2. The predicted molar refractivity (Wildman–Crippen MR) is 103 cm³/mol. The average Bonchev–Trinajstić information content (AvgIpc) is 3.01. The van der Waals surface area contributed by atoms with Crippen molar-refractivity contribution < 1.29 is 9.59 Å². The SMILES string of the molecule is O=C1CC(N2CCN(c3ccccn3)CC2)C(=O)N1CCc1ccccc1. The molecule has 1 aromatic carbocycles. The zero-order valence-corrected chi connectivity index (χ0v) is 15.3. The van der Waals surface area contributed by atoms with Crippen molar-refractivity contribution in [3.63, 3.8) is 0 Å². The number of imide groups is 1. The van der Waals surface area contributed by atoms with E-state index in [1.807, 2.05) is 48.5 Å². The van der Waals surface area contributed by atoms with E-state index in [2.05, 4.69) is 14.8 Å². The first kappa shape index (κ1) is 17.7. The van der Waals surface area contributed by atoms with Crippen molar-refractivity contribution in [2.24, 2.45) is 0 Å². The van der Waals surface area contributed by atoms with Crippen LogP contribution in [-0.4, -0.2) is 65.4 Å². The van der Waals surface area contributed by atoms with Crippen LogP contribution >= 0.6 is 0 Å². The lowest BCUT2D eigenvalue weighted by molar-refractivity contribution is -0.139. The molecule has 0 saturated carbocycles. The van der Waals surface area contributed by atoms with Gasteiger partial charge in [0, 0.05) is 38.9 Å². The van der Waals surface area contributed by atoms with Crippen molar-refractivity contribution in [2.75, 3.05) is 37.6 Å². The van der Waals surface area contributed by atoms with Crippen LogP contribution in [0.25, 0.3) is 0 Å². The van der Waals surface area contributed by atoms with Gasteiger partial charge in [0.15, 0.2) is 0 Å². The summed E-state index contributed by atoms with van der Waals surface area (Å²) >= 11 is 0. The Labute approximate surface area is 159 Å². The second kappa shape index (κ2) is 7.88. The quantitative estimate of drug-likeness (QED) is 0.754. The first-order valence-corrected chi connectivity index (χ1v) is 9.50. The van der Waals surface area contributed by atoms with Crippen LogP contribution in [0.4, 0.5) is 5.82 Å². The van der Waals surface area contributed by atoms with Gasteiger partial charge in [0.1, 0.15) is 5.82 Å². The van der Waals surface area contributed by atoms with Crippen LogP contribution in [0, 0.1) is 0 Å². The normalized spacial score (nSPS) is 21.1. The number of pyridine rings is 1. The molecule has 1 unspecified atom stereocenters. The third kappa shape index (κ3) is 3.85. The van der Waals surface area contributed by atoms with Gasteiger partial charge in [-0.3, -0.25) is 19.4 Å². The van der Waals surface area contributed by atoms with Crippen LogP contribution in [0.15, 0.2) is 54.7 Å². The Hall–Kier alpha value is -2.73. The van der Waals surface area contributed by atoms with Gasteiger partial charge >= 0.3 is 0 Å². The highest BCUT2D eigenvalue weighted by Crippen LogP contribution is 2.22. The lowest BCUT2D eigenvalue weighted by Crippen LogP contribution is -2.52. The molecule has 0 spiro atoms. The molecule has 2 amide bonds. The number of rotatable bonds is 5. The summed E-state index contributed by atoms with van der Waals surface area (Å²) in [5, 5.41) is 0. The number of aromatic nitrogens is 1. The number of carbonyl (C=O) groups excluding carboxylic acids is 2. The number of piperazine rings is 1. The van der Waals surface area contributed by atoms with Crippen LogP contribution in [0.1, 0.15) is 12.0 Å². The monoisotopic (exact) mass is 364 g/mol. The number of nitrogens with zero attached hydrogens (tertiary/aromatic N) is 4. The van der Waals surface area contributed by atoms with Crippen molar-refractivity contribution in [2.45, 2.75) is 18.9 Å². The van der Waals surface area contributed by atoms with Crippen LogP contribution in [0.2, 0.25) is 0 Å². The van der Waals surface area contributed by atoms with E-state index < -0.39 is 0 Å². The maximum atomic E-state index is 12.8. The third-order valence-electron chi connectivity index (χ3n) is 5.42. The van der Waals surface area contributed by atoms with Gasteiger partial charge in [0.2, 0.25) is 11.8 Å². The van der Waals surface area contributed by atoms with E-state index in [1.54, 1.807) is 6.20 Å². The smallest absolute Gasteiger partial charge is 0.247 e. The Morgan fingerprint density at radius 1 is 0.926 bits per heavy atom. The van der Waals surface area contributed by atoms with Crippen LogP contribution in [0.3, 0.4) is 0 Å². The molecule has 2 aromatic rings. The summed E-state index contributed by atoms with van der Waals surface area (Å²) in [5.74, 6) is 0.880. The van der Waals surface area contributed by atoms with Gasteiger partial charge in [-0.05, 0) is 24.1 Å². The van der Waals surface area contributed by atoms with Crippen LogP contribution < -0.4 is 4.90 Å². The fourth-order valence-corrected chi connectivity index (χ4v) is 3.87. The Bertz CT molecular complexity index is 788. The molecule has 0 bridgehead atoms. The lowest BCUT2D eigenvalue weighted by Gasteiger charge is -2.37. The molecule has 27 heavy (non-hydrogen) atoms. The minimum atomic E-state index is -0.306. The zero-order valence-electron chi connectivity index (χ0n) is 15.3. The summed E-state index contributed by atoms with van der Waals surface area (Å²) in [6.07, 6.45) is 2.81. The summed E-state index contributed by atoms with van der Waals surface area (Å²) in [4.78, 5) is 35.5. The fraction of sp³-hybridized carbons (Fsp3) is 0.381. The van der Waals surface area contributed by atoms with Gasteiger partial charge in [0.05, 0.1) is 12.5 Å². The largest absolute Gasteiger partial charge is 0.354 e. The number of benzene rings is 1. The van der Waals surface area contributed by atoms with E-state index in [1.165, 1.54) is 4.90 Å². The highest BCUT2D eigenvalue weighted by Gasteiger charge is 2.42. The van der Waals surface area contributed by atoms with E-state index >= 15 is 0 Å². The van der Waals surface area contributed by atoms with Crippen molar-refractivity contribution in [3.05, 3.63) is 60.3 Å². The van der Waals surface area contributed by atoms with Crippen molar-refractivity contribution in [1.82, 2.24) is 14.8 Å². The minimum Gasteiger partial charge on any atom is -0.354 e. The summed E-state index contributed by atoms with van der Waals surface area (Å²) in [5.41, 5.74) is 1.14. The first-order chi connectivity index (χ1) is 13.2. The molecule has 3 heterocycles. The molecule has 0 radical (unpaired) electrons. The Morgan fingerprint density at radius 2 is 1.67 bits per heavy atom. The second-order valence-electron chi connectivity index (χ2n) is 7.05. The van der Waals surface area contributed by atoms with Crippen LogP contribution in [-0.2, 0) is 16.0 Å². The van der Waals surface area contributed by atoms with Gasteiger partial charge in [-0.25, -0.2) is 4.98 Å². The number of likely N-dealkylation sites (tertiary alicyclic amines) is 1. The van der Waals surface area contributed by atoms with Crippen LogP contribution in [0.5, 0.6) is 0 Å². The molecule has 4 rings (SSSR count). The summed E-state index contributed by atoms with van der Waals surface area (Å²) in [6, 6.07) is 15.6. The summed E-state index contributed by atoms with van der Waals surface area (Å²) < 4.78 is 0. The van der Waals surface area contributed by atoms with Gasteiger partial charge in [-0.15, -0.1) is 0 Å². The third-order valence-corrected chi connectivity index (χ3v) is 5.42. The molecule has 6 heteroatoms. The molecule has 6 nitrogen and oxygen atoms in total. The molecule has 2 aliphatic heterocycles. The van der Waals surface area contributed by atoms with Gasteiger partial charge in [-0.2, -0.15) is 0 Å². The second-order valence-corrected chi connectivity index (χ2v) is 7.05.